The smallest absolute Gasteiger partial charge is 0.137 e. The van der Waals surface area contributed by atoms with E-state index in [-0.39, 0.29) is 5.41 Å². The lowest BCUT2D eigenvalue weighted by Gasteiger charge is -2.61. The topological polar surface area (TPSA) is 18.1 Å². The first-order valence-corrected chi connectivity index (χ1v) is 17.3. The molecule has 13 rings (SSSR count). The van der Waals surface area contributed by atoms with E-state index in [4.69, 9.17) is 4.42 Å². The van der Waals surface area contributed by atoms with Gasteiger partial charge in [0.05, 0.1) is 22.1 Å². The molecule has 5 aliphatic carbocycles. The van der Waals surface area contributed by atoms with Crippen LogP contribution in [-0.4, -0.2) is 4.57 Å². The zero-order chi connectivity index (χ0) is 29.7. The van der Waals surface area contributed by atoms with E-state index in [1.54, 1.807) is 11.1 Å². The number of para-hydroxylation sites is 1. The lowest BCUT2D eigenvalue weighted by molar-refractivity contribution is -0.0399. The van der Waals surface area contributed by atoms with E-state index < -0.39 is 0 Å². The van der Waals surface area contributed by atoms with Crippen molar-refractivity contribution in [3.63, 3.8) is 0 Å². The van der Waals surface area contributed by atoms with Gasteiger partial charge < -0.3 is 8.98 Å². The zero-order valence-corrected chi connectivity index (χ0v) is 25.7. The molecule has 2 heterocycles. The van der Waals surface area contributed by atoms with Gasteiger partial charge in [-0.15, -0.1) is 0 Å². The summed E-state index contributed by atoms with van der Waals surface area (Å²) in [7, 11) is 0. The van der Waals surface area contributed by atoms with Gasteiger partial charge in [0.25, 0.3) is 0 Å². The molecule has 0 radical (unpaired) electrons. The highest BCUT2D eigenvalue weighted by Gasteiger charge is 2.61. The predicted octanol–water partition coefficient (Wildman–Crippen LogP) is 11.6. The Morgan fingerprint density at radius 2 is 1.20 bits per heavy atom. The first kappa shape index (κ1) is 24.4. The van der Waals surface area contributed by atoms with Crippen molar-refractivity contribution < 1.29 is 4.42 Å². The Kier molecular flexibility index (Phi) is 4.41. The van der Waals surface area contributed by atoms with Gasteiger partial charge in [0.2, 0.25) is 0 Å². The number of hydrogen-bond acceptors (Lipinski definition) is 1. The summed E-state index contributed by atoms with van der Waals surface area (Å²) in [5.41, 5.74) is 12.0. The molecule has 1 spiro atoms. The third-order valence-electron chi connectivity index (χ3n) is 12.9. The molecule has 2 nitrogen and oxygen atoms in total. The minimum atomic E-state index is 0.133. The zero-order valence-electron chi connectivity index (χ0n) is 25.7. The quantitative estimate of drug-likeness (QED) is 0.186. The fourth-order valence-electron chi connectivity index (χ4n) is 11.5. The van der Waals surface area contributed by atoms with Crippen molar-refractivity contribution in [3.05, 3.63) is 126 Å². The van der Waals surface area contributed by atoms with Gasteiger partial charge in [-0.1, -0.05) is 72.8 Å². The molecule has 2 aromatic heterocycles. The van der Waals surface area contributed by atoms with Crippen molar-refractivity contribution in [1.29, 1.82) is 0 Å². The van der Waals surface area contributed by atoms with Crippen LogP contribution in [0.25, 0.3) is 71.3 Å². The van der Waals surface area contributed by atoms with Gasteiger partial charge in [-0.3, -0.25) is 0 Å². The highest BCUT2D eigenvalue weighted by molar-refractivity contribution is 6.17. The van der Waals surface area contributed by atoms with Crippen LogP contribution in [-0.2, 0) is 5.41 Å². The average molecular weight is 592 g/mol. The summed E-state index contributed by atoms with van der Waals surface area (Å²) in [5, 5.41) is 7.61. The molecule has 4 fully saturated rings. The van der Waals surface area contributed by atoms with Crippen LogP contribution < -0.4 is 0 Å². The summed E-state index contributed by atoms with van der Waals surface area (Å²) < 4.78 is 9.02. The summed E-state index contributed by atoms with van der Waals surface area (Å²) in [4.78, 5) is 0. The first-order valence-electron chi connectivity index (χ1n) is 17.3. The fraction of sp³-hybridized carbons (Fsp3) is 0.227. The van der Waals surface area contributed by atoms with Gasteiger partial charge in [0.1, 0.15) is 11.2 Å². The van der Waals surface area contributed by atoms with Crippen LogP contribution in [0.4, 0.5) is 0 Å². The molecular formula is C44H33NO. The van der Waals surface area contributed by atoms with E-state index in [9.17, 15) is 0 Å². The highest BCUT2D eigenvalue weighted by atomic mass is 16.3. The van der Waals surface area contributed by atoms with Crippen LogP contribution in [0.3, 0.4) is 0 Å². The van der Waals surface area contributed by atoms with E-state index in [0.29, 0.717) is 0 Å². The van der Waals surface area contributed by atoms with Crippen molar-refractivity contribution in [2.75, 3.05) is 0 Å². The number of nitrogens with zero attached hydrogens (tertiary/aromatic N) is 1. The van der Waals surface area contributed by atoms with Crippen molar-refractivity contribution in [1.82, 2.24) is 4.57 Å². The van der Waals surface area contributed by atoms with E-state index in [0.717, 1.165) is 34.8 Å². The molecule has 0 atom stereocenters. The van der Waals surface area contributed by atoms with Gasteiger partial charge in [-0.2, -0.15) is 0 Å². The summed E-state index contributed by atoms with van der Waals surface area (Å²) >= 11 is 0. The molecule has 2 heteroatoms. The molecule has 8 aromatic rings. The average Bonchev–Trinajstić information content (AvgIpc) is 3.71. The Labute approximate surface area is 267 Å². The maximum absolute atomic E-state index is 6.44. The Hall–Kier alpha value is -4.82. The molecule has 6 aromatic carbocycles. The Bertz CT molecular complexity index is 2590. The molecule has 220 valence electrons. The van der Waals surface area contributed by atoms with Crippen LogP contribution in [0.5, 0.6) is 0 Å². The fourth-order valence-corrected chi connectivity index (χ4v) is 11.5. The van der Waals surface area contributed by atoms with Gasteiger partial charge >= 0.3 is 0 Å². The third-order valence-corrected chi connectivity index (χ3v) is 12.9. The number of benzene rings is 6. The Morgan fingerprint density at radius 3 is 2.04 bits per heavy atom. The third kappa shape index (κ3) is 2.83. The van der Waals surface area contributed by atoms with Crippen molar-refractivity contribution >= 4 is 54.5 Å². The number of furan rings is 1. The Balaban J connectivity index is 1.25. The maximum Gasteiger partial charge on any atom is 0.137 e. The maximum atomic E-state index is 6.44. The van der Waals surface area contributed by atoms with Crippen LogP contribution in [0.15, 0.2) is 120 Å². The first-order chi connectivity index (χ1) is 22.8. The van der Waals surface area contributed by atoms with E-state index >= 15 is 0 Å². The van der Waals surface area contributed by atoms with Crippen molar-refractivity contribution in [2.24, 2.45) is 23.7 Å². The van der Waals surface area contributed by atoms with Crippen LogP contribution >= 0.6 is 0 Å². The molecule has 0 saturated heterocycles. The second kappa shape index (κ2) is 8.30. The van der Waals surface area contributed by atoms with Crippen LogP contribution in [0.1, 0.15) is 43.2 Å². The summed E-state index contributed by atoms with van der Waals surface area (Å²) in [6.45, 7) is 0. The summed E-state index contributed by atoms with van der Waals surface area (Å²) in [6.07, 6.45) is 7.06. The SMILES string of the molecule is c1ccc2c(c1)-c1cc3c4cc5ccccc5cc4n(-c4cccc5oc6ccccc6c45)c3cc1C21C2CC3CC(C2)CC1C3. The standard InChI is InChI=1S/C44H33NO/c1-2-9-28-22-39-34(21-27(28)8-1)35-23-33-31-10-3-5-12-36(31)44(29-17-25-16-26(19-29)20-30(44)18-25)37(33)24-40(35)45(39)38-13-7-15-42-43(38)32-11-4-6-14-41(32)46-42/h1-15,21-26,29-30H,16-20H2. The van der Waals surface area contributed by atoms with E-state index in [1.807, 2.05) is 0 Å². The second-order valence-electron chi connectivity index (χ2n) is 14.9. The van der Waals surface area contributed by atoms with Gasteiger partial charge in [-0.25, -0.2) is 0 Å². The van der Waals surface area contributed by atoms with E-state index in [1.165, 1.54) is 92.3 Å². The van der Waals surface area contributed by atoms with Crippen molar-refractivity contribution in [3.8, 4) is 16.8 Å². The number of rotatable bonds is 1. The Morgan fingerprint density at radius 1 is 0.522 bits per heavy atom. The summed E-state index contributed by atoms with van der Waals surface area (Å²) in [6, 6.07) is 43.6. The molecule has 0 amide bonds. The monoisotopic (exact) mass is 591 g/mol. The van der Waals surface area contributed by atoms with Crippen molar-refractivity contribution in [2.45, 2.75) is 37.5 Å². The number of aromatic nitrogens is 1. The molecule has 0 unspecified atom stereocenters. The second-order valence-corrected chi connectivity index (χ2v) is 14.9. The molecule has 5 aliphatic rings. The van der Waals surface area contributed by atoms with Gasteiger partial charge in [0, 0.05) is 21.6 Å². The lowest BCUT2D eigenvalue weighted by Crippen LogP contribution is -2.55. The highest BCUT2D eigenvalue weighted by Crippen LogP contribution is 2.69. The predicted molar refractivity (Wildman–Crippen MR) is 189 cm³/mol. The van der Waals surface area contributed by atoms with Crippen LogP contribution in [0, 0.1) is 23.7 Å². The normalized spacial score (nSPS) is 25.9. The van der Waals surface area contributed by atoms with E-state index in [2.05, 4.69) is 120 Å². The van der Waals surface area contributed by atoms with Gasteiger partial charge in [0.15, 0.2) is 0 Å². The number of fused-ring (bicyclic) bond motifs is 10. The minimum Gasteiger partial charge on any atom is -0.456 e. The number of hydrogen-bond donors (Lipinski definition) is 0. The van der Waals surface area contributed by atoms with Crippen LogP contribution in [0.2, 0.25) is 0 Å². The molecule has 4 bridgehead atoms. The molecular weight excluding hydrogens is 558 g/mol. The molecule has 4 saturated carbocycles. The molecule has 46 heavy (non-hydrogen) atoms. The minimum absolute atomic E-state index is 0.133. The lowest BCUT2D eigenvalue weighted by atomic mass is 9.43. The largest absolute Gasteiger partial charge is 0.456 e. The molecule has 0 N–H and O–H groups in total. The van der Waals surface area contributed by atoms with Gasteiger partial charge in [-0.05, 0) is 131 Å². The summed E-state index contributed by atoms with van der Waals surface area (Å²) in [5.74, 6) is 3.34. The molecule has 0 aliphatic heterocycles.